The zero-order valence-corrected chi connectivity index (χ0v) is 10.3. The van der Waals surface area contributed by atoms with E-state index >= 15 is 0 Å². The Hall–Kier alpha value is -2.14. The monoisotopic (exact) mass is 282 g/mol. The van der Waals surface area contributed by atoms with Crippen LogP contribution >= 0.6 is 11.6 Å². The van der Waals surface area contributed by atoms with Crippen molar-refractivity contribution < 1.29 is 13.5 Å². The average molecular weight is 283 g/mol. The number of ether oxygens (including phenoxy) is 1. The van der Waals surface area contributed by atoms with Gasteiger partial charge in [-0.1, -0.05) is 11.6 Å². The molecule has 2 rings (SSSR count). The largest absolute Gasteiger partial charge is 0.456 e. The normalized spacial score (nSPS) is 10.3. The van der Waals surface area contributed by atoms with Gasteiger partial charge in [0.25, 0.3) is 0 Å². The van der Waals surface area contributed by atoms with Crippen LogP contribution in [0.2, 0.25) is 5.02 Å². The molecule has 0 amide bonds. The smallest absolute Gasteiger partial charge is 0.162 e. The van der Waals surface area contributed by atoms with Crippen LogP contribution in [0.25, 0.3) is 0 Å². The number of nitrogens with two attached hydrogens (primary N) is 1. The lowest BCUT2D eigenvalue weighted by Gasteiger charge is -2.10. The second-order valence-electron chi connectivity index (χ2n) is 3.73. The van der Waals surface area contributed by atoms with Gasteiger partial charge in [-0.25, -0.2) is 8.78 Å². The molecule has 0 aliphatic heterocycles. The molecule has 6 heteroatoms. The lowest BCUT2D eigenvalue weighted by atomic mass is 10.2. The van der Waals surface area contributed by atoms with E-state index in [-0.39, 0.29) is 17.3 Å². The Bertz CT molecular complexity index is 647. The Balaban J connectivity index is 2.39. The van der Waals surface area contributed by atoms with Crippen molar-refractivity contribution in [2.75, 3.05) is 0 Å². The van der Waals surface area contributed by atoms with Gasteiger partial charge >= 0.3 is 0 Å². The van der Waals surface area contributed by atoms with Crippen molar-refractivity contribution in [3.8, 4) is 11.5 Å². The summed E-state index contributed by atoms with van der Waals surface area (Å²) >= 11 is 5.82. The first-order valence-electron chi connectivity index (χ1n) is 5.24. The van der Waals surface area contributed by atoms with Crippen LogP contribution in [0.15, 0.2) is 36.4 Å². The molecule has 0 fully saturated rings. The maximum Gasteiger partial charge on any atom is 0.162 e. The van der Waals surface area contributed by atoms with Crippen molar-refractivity contribution in [1.29, 1.82) is 5.41 Å². The number of halogens is 3. The molecule has 0 atom stereocenters. The zero-order valence-electron chi connectivity index (χ0n) is 9.58. The summed E-state index contributed by atoms with van der Waals surface area (Å²) in [5.74, 6) is -1.92. The summed E-state index contributed by atoms with van der Waals surface area (Å²) in [6.45, 7) is 0. The molecule has 2 aromatic carbocycles. The van der Waals surface area contributed by atoms with E-state index in [2.05, 4.69) is 0 Å². The molecule has 0 aliphatic rings. The minimum Gasteiger partial charge on any atom is -0.456 e. The molecular weight excluding hydrogens is 274 g/mol. The predicted molar refractivity (Wildman–Crippen MR) is 68.9 cm³/mol. The van der Waals surface area contributed by atoms with Gasteiger partial charge in [0.15, 0.2) is 11.6 Å². The highest BCUT2D eigenvalue weighted by atomic mass is 35.5. The van der Waals surface area contributed by atoms with Crippen LogP contribution in [-0.2, 0) is 0 Å². The standard InChI is InChI=1S/C13H9ClF2N2O/c14-7-1-3-9(13(17)18)12(5-7)19-8-2-4-10(15)11(16)6-8/h1-6H,(H3,17,18). The van der Waals surface area contributed by atoms with Crippen molar-refractivity contribution in [2.45, 2.75) is 0 Å². The molecule has 98 valence electrons. The first-order valence-corrected chi connectivity index (χ1v) is 5.62. The molecule has 0 heterocycles. The topological polar surface area (TPSA) is 59.1 Å². The fourth-order valence-electron chi connectivity index (χ4n) is 1.47. The number of benzene rings is 2. The summed E-state index contributed by atoms with van der Waals surface area (Å²) in [4.78, 5) is 0. The predicted octanol–water partition coefficient (Wildman–Crippen LogP) is 3.69. The van der Waals surface area contributed by atoms with Gasteiger partial charge in [0.2, 0.25) is 0 Å². The second kappa shape index (κ2) is 5.24. The van der Waals surface area contributed by atoms with Gasteiger partial charge in [0, 0.05) is 17.2 Å². The molecule has 0 unspecified atom stereocenters. The third kappa shape index (κ3) is 3.00. The van der Waals surface area contributed by atoms with Gasteiger partial charge in [-0.15, -0.1) is 0 Å². The Morgan fingerprint density at radius 2 is 1.84 bits per heavy atom. The van der Waals surface area contributed by atoms with Crippen molar-refractivity contribution in [2.24, 2.45) is 5.73 Å². The molecule has 3 N–H and O–H groups in total. The number of rotatable bonds is 3. The van der Waals surface area contributed by atoms with Gasteiger partial charge in [-0.05, 0) is 24.3 Å². The highest BCUT2D eigenvalue weighted by Gasteiger charge is 2.10. The van der Waals surface area contributed by atoms with E-state index in [4.69, 9.17) is 27.5 Å². The number of nitrogen functional groups attached to an aromatic ring is 1. The zero-order chi connectivity index (χ0) is 14.0. The molecule has 0 saturated carbocycles. The van der Waals surface area contributed by atoms with Crippen LogP contribution in [-0.4, -0.2) is 5.84 Å². The third-order valence-corrected chi connectivity index (χ3v) is 2.59. The minimum absolute atomic E-state index is 0.0867. The molecule has 0 spiro atoms. The van der Waals surface area contributed by atoms with Gasteiger partial charge in [0.1, 0.15) is 17.3 Å². The fourth-order valence-corrected chi connectivity index (χ4v) is 1.63. The highest BCUT2D eigenvalue weighted by Crippen LogP contribution is 2.29. The molecule has 0 radical (unpaired) electrons. The van der Waals surface area contributed by atoms with E-state index in [1.54, 1.807) is 6.07 Å². The minimum atomic E-state index is -1.02. The van der Waals surface area contributed by atoms with Gasteiger partial charge in [-0.2, -0.15) is 0 Å². The van der Waals surface area contributed by atoms with E-state index < -0.39 is 11.6 Å². The Kier molecular flexibility index (Phi) is 3.66. The summed E-state index contributed by atoms with van der Waals surface area (Å²) in [5, 5.41) is 7.79. The van der Waals surface area contributed by atoms with Crippen LogP contribution < -0.4 is 10.5 Å². The number of nitrogens with one attached hydrogen (secondary N) is 1. The van der Waals surface area contributed by atoms with Crippen LogP contribution in [0.3, 0.4) is 0 Å². The van der Waals surface area contributed by atoms with Crippen LogP contribution in [0.1, 0.15) is 5.56 Å². The van der Waals surface area contributed by atoms with E-state index in [0.29, 0.717) is 10.6 Å². The number of hydrogen-bond donors (Lipinski definition) is 2. The molecular formula is C13H9ClF2N2O. The summed E-state index contributed by atoms with van der Waals surface area (Å²) in [7, 11) is 0. The van der Waals surface area contributed by atoms with Crippen molar-refractivity contribution in [1.82, 2.24) is 0 Å². The van der Waals surface area contributed by atoms with Crippen LogP contribution in [0.4, 0.5) is 8.78 Å². The fraction of sp³-hybridized carbons (Fsp3) is 0. The Labute approximate surface area is 113 Å². The van der Waals surface area contributed by atoms with Crippen LogP contribution in [0, 0.1) is 17.0 Å². The Morgan fingerprint density at radius 3 is 2.47 bits per heavy atom. The quantitative estimate of drug-likeness (QED) is 0.666. The van der Waals surface area contributed by atoms with Crippen molar-refractivity contribution >= 4 is 17.4 Å². The summed E-state index contributed by atoms with van der Waals surface area (Å²) in [6.07, 6.45) is 0. The molecule has 3 nitrogen and oxygen atoms in total. The highest BCUT2D eigenvalue weighted by molar-refractivity contribution is 6.30. The number of hydrogen-bond acceptors (Lipinski definition) is 2. The third-order valence-electron chi connectivity index (χ3n) is 2.35. The van der Waals surface area contributed by atoms with Gasteiger partial charge in [0.05, 0.1) is 5.56 Å². The molecule has 0 bridgehead atoms. The summed E-state index contributed by atoms with van der Waals surface area (Å²) < 4.78 is 31.3. The van der Waals surface area contributed by atoms with Crippen molar-refractivity contribution in [3.63, 3.8) is 0 Å². The molecule has 0 aliphatic carbocycles. The van der Waals surface area contributed by atoms with E-state index in [9.17, 15) is 8.78 Å². The first kappa shape index (κ1) is 13.3. The lowest BCUT2D eigenvalue weighted by molar-refractivity contribution is 0.461. The maximum absolute atomic E-state index is 13.1. The Morgan fingerprint density at radius 1 is 1.11 bits per heavy atom. The SMILES string of the molecule is N=C(N)c1ccc(Cl)cc1Oc1ccc(F)c(F)c1. The summed E-state index contributed by atoms with van der Waals surface area (Å²) in [5.41, 5.74) is 5.71. The van der Waals surface area contributed by atoms with Gasteiger partial charge < -0.3 is 10.5 Å². The lowest BCUT2D eigenvalue weighted by Crippen LogP contribution is -2.12. The molecule has 0 aromatic heterocycles. The maximum atomic E-state index is 13.1. The van der Waals surface area contributed by atoms with E-state index in [0.717, 1.165) is 12.1 Å². The van der Waals surface area contributed by atoms with Gasteiger partial charge in [-0.3, -0.25) is 5.41 Å². The summed E-state index contributed by atoms with van der Waals surface area (Å²) in [6, 6.07) is 7.63. The van der Waals surface area contributed by atoms with Crippen molar-refractivity contribution in [3.05, 3.63) is 58.6 Å². The molecule has 19 heavy (non-hydrogen) atoms. The van der Waals surface area contributed by atoms with E-state index in [1.165, 1.54) is 18.2 Å². The average Bonchev–Trinajstić information content (AvgIpc) is 2.33. The molecule has 2 aromatic rings. The first-order chi connectivity index (χ1) is 8.97. The van der Waals surface area contributed by atoms with E-state index in [1.807, 2.05) is 0 Å². The second-order valence-corrected chi connectivity index (χ2v) is 4.17. The number of amidine groups is 1. The van der Waals surface area contributed by atoms with Crippen LogP contribution in [0.5, 0.6) is 11.5 Å². The molecule has 0 saturated heterocycles.